The number of Topliss-reactive ketones (excluding diaryl/α,β-unsaturated/α-hetero) is 1. The Morgan fingerprint density at radius 1 is 1.25 bits per heavy atom. The Balaban J connectivity index is 1.89. The second-order valence-corrected chi connectivity index (χ2v) is 9.72. The third-order valence-corrected chi connectivity index (χ3v) is 8.16. The van der Waals surface area contributed by atoms with Crippen LogP contribution >= 0.6 is 11.8 Å². The molecule has 28 heavy (non-hydrogen) atoms. The van der Waals surface area contributed by atoms with Gasteiger partial charge in [0, 0.05) is 25.1 Å². The van der Waals surface area contributed by atoms with E-state index in [-0.39, 0.29) is 15.9 Å². The zero-order valence-corrected chi connectivity index (χ0v) is 17.7. The van der Waals surface area contributed by atoms with Gasteiger partial charge < -0.3 is 5.84 Å². The van der Waals surface area contributed by atoms with Crippen molar-refractivity contribution in [2.75, 3.05) is 18.9 Å². The molecule has 0 spiro atoms. The summed E-state index contributed by atoms with van der Waals surface area (Å²) >= 11 is 1.32. The number of nitrogens with zero attached hydrogens (tertiary/aromatic N) is 4. The molecule has 1 aliphatic carbocycles. The number of rotatable bonds is 7. The summed E-state index contributed by atoms with van der Waals surface area (Å²) in [7, 11) is -3.58. The number of sulfonamides is 1. The average molecular weight is 424 g/mol. The predicted molar refractivity (Wildman–Crippen MR) is 109 cm³/mol. The molecule has 0 aliphatic heterocycles. The number of benzene rings is 1. The van der Waals surface area contributed by atoms with E-state index in [0.29, 0.717) is 36.1 Å². The summed E-state index contributed by atoms with van der Waals surface area (Å²) in [4.78, 5) is 12.3. The van der Waals surface area contributed by atoms with Crippen LogP contribution in [0.1, 0.15) is 39.5 Å². The molecule has 0 amide bonds. The second-order valence-electron chi connectivity index (χ2n) is 6.61. The molecule has 1 fully saturated rings. The molecule has 1 aromatic carbocycles. The molecule has 2 N–H and O–H groups in total. The highest BCUT2D eigenvalue weighted by Crippen LogP contribution is 2.32. The number of carbonyl (C=O) groups excluding carboxylic acids is 1. The van der Waals surface area contributed by atoms with Crippen molar-refractivity contribution in [3.05, 3.63) is 24.3 Å². The highest BCUT2D eigenvalue weighted by molar-refractivity contribution is 8.00. The van der Waals surface area contributed by atoms with Crippen LogP contribution in [-0.4, -0.2) is 51.7 Å². The van der Waals surface area contributed by atoms with E-state index in [4.69, 9.17) is 5.84 Å². The number of nitrogens with two attached hydrogens (primary N) is 1. The van der Waals surface area contributed by atoms with E-state index in [0.717, 1.165) is 19.3 Å². The summed E-state index contributed by atoms with van der Waals surface area (Å²) in [5, 5.41) is 8.55. The molecule has 0 bridgehead atoms. The molecular formula is C18H25N5O3S2. The molecule has 10 heteroatoms. The number of hydrogen-bond donors (Lipinski definition) is 1. The fourth-order valence-corrected chi connectivity index (χ4v) is 5.85. The predicted octanol–water partition coefficient (Wildman–Crippen LogP) is 2.29. The molecule has 152 valence electrons. The minimum atomic E-state index is -3.58. The maximum atomic E-state index is 12.8. The van der Waals surface area contributed by atoms with E-state index in [9.17, 15) is 13.2 Å². The molecular weight excluding hydrogens is 398 g/mol. The van der Waals surface area contributed by atoms with E-state index in [1.807, 2.05) is 0 Å². The van der Waals surface area contributed by atoms with Crippen molar-refractivity contribution in [3.63, 3.8) is 0 Å². The Labute approximate surface area is 169 Å². The molecule has 0 radical (unpaired) electrons. The number of hydrogen-bond acceptors (Lipinski definition) is 7. The fraction of sp³-hybridized carbons (Fsp3) is 0.500. The van der Waals surface area contributed by atoms with Crippen molar-refractivity contribution in [2.24, 2.45) is 0 Å². The summed E-state index contributed by atoms with van der Waals surface area (Å²) in [6.07, 6.45) is 3.35. The lowest BCUT2D eigenvalue weighted by molar-refractivity contribution is -0.119. The van der Waals surface area contributed by atoms with Crippen LogP contribution in [0.4, 0.5) is 0 Å². The molecule has 1 heterocycles. The van der Waals surface area contributed by atoms with Gasteiger partial charge in [-0.15, -0.1) is 10.2 Å². The monoisotopic (exact) mass is 423 g/mol. The maximum absolute atomic E-state index is 12.8. The number of thioether (sulfide) groups is 1. The quantitative estimate of drug-likeness (QED) is 0.680. The average Bonchev–Trinajstić information content (AvgIpc) is 3.05. The van der Waals surface area contributed by atoms with Crippen LogP contribution in [0, 0.1) is 0 Å². The summed E-state index contributed by atoms with van der Waals surface area (Å²) < 4.78 is 28.3. The van der Waals surface area contributed by atoms with Crippen molar-refractivity contribution in [2.45, 2.75) is 54.8 Å². The summed E-state index contributed by atoms with van der Waals surface area (Å²) in [6.45, 7) is 4.40. The van der Waals surface area contributed by atoms with Crippen molar-refractivity contribution in [3.8, 4) is 11.4 Å². The third-order valence-electron chi connectivity index (χ3n) is 4.85. The van der Waals surface area contributed by atoms with E-state index in [2.05, 4.69) is 10.2 Å². The van der Waals surface area contributed by atoms with Gasteiger partial charge in [-0.05, 0) is 25.0 Å². The Kier molecular flexibility index (Phi) is 6.41. The van der Waals surface area contributed by atoms with Crippen LogP contribution in [0.5, 0.6) is 0 Å². The van der Waals surface area contributed by atoms with Crippen LogP contribution in [0.3, 0.4) is 0 Å². The molecule has 1 aliphatic rings. The first kappa shape index (κ1) is 20.8. The van der Waals surface area contributed by atoms with Crippen LogP contribution in [0.25, 0.3) is 11.4 Å². The zero-order valence-electron chi connectivity index (χ0n) is 16.0. The van der Waals surface area contributed by atoms with Gasteiger partial charge in [0.05, 0.1) is 10.1 Å². The Hall–Kier alpha value is -1.91. The van der Waals surface area contributed by atoms with Gasteiger partial charge in [0.1, 0.15) is 5.78 Å². The highest BCUT2D eigenvalue weighted by atomic mass is 32.2. The minimum Gasteiger partial charge on any atom is -0.335 e. The summed E-state index contributed by atoms with van der Waals surface area (Å²) in [6, 6.07) is 6.53. The molecule has 3 rings (SSSR count). The molecule has 1 saturated carbocycles. The van der Waals surface area contributed by atoms with Crippen molar-refractivity contribution in [1.29, 1.82) is 0 Å². The van der Waals surface area contributed by atoms with E-state index in [1.165, 1.54) is 20.7 Å². The van der Waals surface area contributed by atoms with E-state index in [1.54, 1.807) is 38.1 Å². The molecule has 1 atom stereocenters. The smallest absolute Gasteiger partial charge is 0.243 e. The second kappa shape index (κ2) is 8.62. The van der Waals surface area contributed by atoms with Crippen LogP contribution in [0.15, 0.2) is 34.3 Å². The van der Waals surface area contributed by atoms with Crippen LogP contribution in [0.2, 0.25) is 0 Å². The first-order valence-corrected chi connectivity index (χ1v) is 11.7. The zero-order chi connectivity index (χ0) is 20.3. The number of carbonyl (C=O) groups is 1. The van der Waals surface area contributed by atoms with Crippen LogP contribution in [-0.2, 0) is 14.8 Å². The van der Waals surface area contributed by atoms with Crippen LogP contribution < -0.4 is 5.84 Å². The summed E-state index contributed by atoms with van der Waals surface area (Å²) in [5.74, 6) is 6.75. The van der Waals surface area contributed by atoms with Gasteiger partial charge in [-0.25, -0.2) is 13.1 Å². The topological polar surface area (TPSA) is 111 Å². The molecule has 2 aromatic rings. The van der Waals surface area contributed by atoms with Gasteiger partial charge in [0.2, 0.25) is 15.2 Å². The lowest BCUT2D eigenvalue weighted by Gasteiger charge is -2.19. The number of nitrogen functional groups attached to an aromatic ring is 1. The van der Waals surface area contributed by atoms with Gasteiger partial charge in [0.15, 0.2) is 5.82 Å². The largest absolute Gasteiger partial charge is 0.335 e. The fourth-order valence-electron chi connectivity index (χ4n) is 3.27. The lowest BCUT2D eigenvalue weighted by atomic mass is 9.99. The Bertz CT molecular complexity index is 954. The molecule has 0 saturated heterocycles. The van der Waals surface area contributed by atoms with Gasteiger partial charge in [-0.1, -0.05) is 44.2 Å². The standard InChI is InChI=1S/C18H25N5O3S2/c1-3-22(4-2)28(25,26)14-9-7-8-13(12-14)17-20-21-18(23(17)19)27-16-11-6-5-10-15(16)24/h7-9,12,16H,3-6,10-11,19H2,1-2H3. The first-order valence-electron chi connectivity index (χ1n) is 9.39. The Morgan fingerprint density at radius 3 is 2.68 bits per heavy atom. The summed E-state index contributed by atoms with van der Waals surface area (Å²) in [5.41, 5.74) is 0.560. The van der Waals surface area contributed by atoms with E-state index < -0.39 is 10.0 Å². The Morgan fingerprint density at radius 2 is 2.00 bits per heavy atom. The third kappa shape index (κ3) is 4.08. The van der Waals surface area contributed by atoms with E-state index >= 15 is 0 Å². The van der Waals surface area contributed by atoms with Crippen molar-refractivity contribution < 1.29 is 13.2 Å². The highest BCUT2D eigenvalue weighted by Gasteiger charge is 2.27. The molecule has 1 aromatic heterocycles. The lowest BCUT2D eigenvalue weighted by Crippen LogP contribution is -2.30. The van der Waals surface area contributed by atoms with Crippen molar-refractivity contribution in [1.82, 2.24) is 19.2 Å². The first-order chi connectivity index (χ1) is 13.4. The normalized spacial score (nSPS) is 18.0. The number of aromatic nitrogens is 3. The SMILES string of the molecule is CCN(CC)S(=O)(=O)c1cccc(-c2nnc(SC3CCCCC3=O)n2N)c1. The maximum Gasteiger partial charge on any atom is 0.243 e. The molecule has 1 unspecified atom stereocenters. The van der Waals surface area contributed by atoms with Gasteiger partial charge in [0.25, 0.3) is 0 Å². The molecule has 8 nitrogen and oxygen atoms in total. The van der Waals surface area contributed by atoms with Crippen molar-refractivity contribution >= 4 is 27.6 Å². The minimum absolute atomic E-state index is 0.150. The van der Waals surface area contributed by atoms with Gasteiger partial charge >= 0.3 is 0 Å². The van der Waals surface area contributed by atoms with Gasteiger partial charge in [-0.3, -0.25) is 4.79 Å². The van der Waals surface area contributed by atoms with Gasteiger partial charge in [-0.2, -0.15) is 4.31 Å². The number of ketones is 1.